The van der Waals surface area contributed by atoms with E-state index >= 15 is 0 Å². The third kappa shape index (κ3) is 3.72. The summed E-state index contributed by atoms with van der Waals surface area (Å²) >= 11 is 0. The second-order valence-electron chi connectivity index (χ2n) is 4.49. The highest BCUT2D eigenvalue weighted by atomic mass is 16.3. The summed E-state index contributed by atoms with van der Waals surface area (Å²) in [5.41, 5.74) is 7.45. The monoisotopic (exact) mass is 251 g/mol. The molecule has 2 unspecified atom stereocenters. The van der Waals surface area contributed by atoms with Gasteiger partial charge >= 0.3 is 6.03 Å². The Morgan fingerprint density at radius 1 is 1.50 bits per heavy atom. The number of rotatable bonds is 4. The van der Waals surface area contributed by atoms with E-state index in [1.807, 2.05) is 25.1 Å². The van der Waals surface area contributed by atoms with E-state index in [4.69, 9.17) is 10.8 Å². The zero-order valence-electron chi connectivity index (χ0n) is 11.1. The van der Waals surface area contributed by atoms with Crippen molar-refractivity contribution < 1.29 is 9.90 Å². The van der Waals surface area contributed by atoms with Crippen LogP contribution >= 0.6 is 0 Å². The van der Waals surface area contributed by atoms with Crippen molar-refractivity contribution in [3.05, 3.63) is 29.8 Å². The Morgan fingerprint density at radius 3 is 2.72 bits per heavy atom. The van der Waals surface area contributed by atoms with Gasteiger partial charge in [-0.1, -0.05) is 12.1 Å². The van der Waals surface area contributed by atoms with Crippen LogP contribution in [0.25, 0.3) is 0 Å². The second kappa shape index (κ2) is 6.37. The first-order valence-corrected chi connectivity index (χ1v) is 5.96. The van der Waals surface area contributed by atoms with Crippen molar-refractivity contribution >= 4 is 11.7 Å². The molecular formula is C13H21N3O2. The van der Waals surface area contributed by atoms with Crippen molar-refractivity contribution in [2.45, 2.75) is 25.9 Å². The van der Waals surface area contributed by atoms with Crippen LogP contribution in [-0.2, 0) is 0 Å². The van der Waals surface area contributed by atoms with Gasteiger partial charge in [0, 0.05) is 18.8 Å². The summed E-state index contributed by atoms with van der Waals surface area (Å²) in [6.07, 6.45) is 0. The van der Waals surface area contributed by atoms with E-state index in [2.05, 4.69) is 5.32 Å². The Balaban J connectivity index is 2.73. The molecule has 5 nitrogen and oxygen atoms in total. The number of hydrogen-bond donors (Lipinski definition) is 3. The molecule has 0 aliphatic carbocycles. The number of nitrogens with zero attached hydrogens (tertiary/aromatic N) is 1. The Bertz CT molecular complexity index is 407. The molecule has 0 aliphatic heterocycles. The molecule has 1 rings (SSSR count). The zero-order chi connectivity index (χ0) is 13.7. The molecule has 5 heteroatoms. The molecule has 0 radical (unpaired) electrons. The van der Waals surface area contributed by atoms with E-state index in [9.17, 15) is 4.79 Å². The molecular weight excluding hydrogens is 230 g/mol. The lowest BCUT2D eigenvalue weighted by molar-refractivity contribution is 0.166. The second-order valence-corrected chi connectivity index (χ2v) is 4.49. The number of likely N-dealkylation sites (N-methyl/N-ethyl adjacent to an activating group) is 1. The first kappa shape index (κ1) is 14.5. The zero-order valence-corrected chi connectivity index (χ0v) is 11.1. The summed E-state index contributed by atoms with van der Waals surface area (Å²) in [6.45, 7) is 3.60. The molecule has 0 bridgehead atoms. The van der Waals surface area contributed by atoms with Crippen molar-refractivity contribution in [3.63, 3.8) is 0 Å². The lowest BCUT2D eigenvalue weighted by Crippen LogP contribution is -2.40. The fraction of sp³-hybridized carbons (Fsp3) is 0.462. The SMILES string of the molecule is CC(N)c1cccc(NC(=O)N(C)C(C)CO)c1. The fourth-order valence-corrected chi connectivity index (χ4v) is 1.43. The maximum atomic E-state index is 11.9. The van der Waals surface area contributed by atoms with E-state index in [0.29, 0.717) is 5.69 Å². The van der Waals surface area contributed by atoms with Crippen LogP contribution in [0.15, 0.2) is 24.3 Å². The van der Waals surface area contributed by atoms with Gasteiger partial charge in [0.1, 0.15) is 0 Å². The van der Waals surface area contributed by atoms with Crippen molar-refractivity contribution in [1.29, 1.82) is 0 Å². The smallest absolute Gasteiger partial charge is 0.321 e. The van der Waals surface area contributed by atoms with Gasteiger partial charge in [-0.25, -0.2) is 4.79 Å². The number of nitrogens with one attached hydrogen (secondary N) is 1. The molecule has 0 aliphatic rings. The summed E-state index contributed by atoms with van der Waals surface area (Å²) in [4.78, 5) is 13.3. The van der Waals surface area contributed by atoms with Gasteiger partial charge in [-0.3, -0.25) is 0 Å². The van der Waals surface area contributed by atoms with E-state index in [1.165, 1.54) is 4.90 Å². The largest absolute Gasteiger partial charge is 0.394 e. The highest BCUT2D eigenvalue weighted by molar-refractivity contribution is 5.89. The van der Waals surface area contributed by atoms with Crippen LogP contribution in [0.2, 0.25) is 0 Å². The van der Waals surface area contributed by atoms with Gasteiger partial charge in [0.05, 0.1) is 12.6 Å². The van der Waals surface area contributed by atoms with Crippen LogP contribution in [0.5, 0.6) is 0 Å². The lowest BCUT2D eigenvalue weighted by atomic mass is 10.1. The first-order valence-electron chi connectivity index (χ1n) is 5.96. The Hall–Kier alpha value is -1.59. The number of aliphatic hydroxyl groups is 1. The topological polar surface area (TPSA) is 78.6 Å². The molecule has 1 aromatic rings. The van der Waals surface area contributed by atoms with Crippen molar-refractivity contribution in [2.24, 2.45) is 5.73 Å². The highest BCUT2D eigenvalue weighted by Gasteiger charge is 2.14. The van der Waals surface area contributed by atoms with Crippen LogP contribution in [-0.4, -0.2) is 35.7 Å². The van der Waals surface area contributed by atoms with Crippen LogP contribution in [0.4, 0.5) is 10.5 Å². The van der Waals surface area contributed by atoms with E-state index in [1.54, 1.807) is 20.0 Å². The standard InChI is InChI=1S/C13H21N3O2/c1-9(8-17)16(3)13(18)15-12-6-4-5-11(7-12)10(2)14/h4-7,9-10,17H,8,14H2,1-3H3,(H,15,18). The van der Waals surface area contributed by atoms with Gasteiger partial charge in [0.2, 0.25) is 0 Å². The minimum Gasteiger partial charge on any atom is -0.394 e. The Labute approximate surface area is 108 Å². The van der Waals surface area contributed by atoms with Crippen molar-refractivity contribution in [2.75, 3.05) is 19.0 Å². The van der Waals surface area contributed by atoms with Gasteiger partial charge in [-0.2, -0.15) is 0 Å². The number of nitrogens with two attached hydrogens (primary N) is 1. The van der Waals surface area contributed by atoms with Gasteiger partial charge in [-0.05, 0) is 31.5 Å². The molecule has 0 spiro atoms. The van der Waals surface area contributed by atoms with Crippen molar-refractivity contribution in [1.82, 2.24) is 4.90 Å². The molecule has 100 valence electrons. The average molecular weight is 251 g/mol. The number of hydrogen-bond acceptors (Lipinski definition) is 3. The molecule has 4 N–H and O–H groups in total. The van der Waals surface area contributed by atoms with Crippen LogP contribution in [0.1, 0.15) is 25.5 Å². The van der Waals surface area contributed by atoms with Crippen LogP contribution < -0.4 is 11.1 Å². The predicted molar refractivity (Wildman–Crippen MR) is 72.4 cm³/mol. The molecule has 2 amide bonds. The summed E-state index contributed by atoms with van der Waals surface area (Å²) in [5, 5.41) is 11.8. The number of urea groups is 1. The Morgan fingerprint density at radius 2 is 2.17 bits per heavy atom. The molecule has 0 saturated heterocycles. The van der Waals surface area contributed by atoms with Gasteiger partial charge in [-0.15, -0.1) is 0 Å². The lowest BCUT2D eigenvalue weighted by Gasteiger charge is -2.23. The van der Waals surface area contributed by atoms with E-state index in [0.717, 1.165) is 5.56 Å². The van der Waals surface area contributed by atoms with Crippen LogP contribution in [0.3, 0.4) is 0 Å². The first-order chi connectivity index (χ1) is 8.45. The van der Waals surface area contributed by atoms with E-state index < -0.39 is 0 Å². The normalized spacial score (nSPS) is 13.8. The molecule has 0 fully saturated rings. The maximum Gasteiger partial charge on any atom is 0.321 e. The molecule has 18 heavy (non-hydrogen) atoms. The Kier molecular flexibility index (Phi) is 5.12. The average Bonchev–Trinajstić information content (AvgIpc) is 2.37. The number of carbonyl (C=O) groups is 1. The summed E-state index contributed by atoms with van der Waals surface area (Å²) < 4.78 is 0. The summed E-state index contributed by atoms with van der Waals surface area (Å²) in [6, 6.07) is 6.88. The maximum absolute atomic E-state index is 11.9. The number of amides is 2. The minimum absolute atomic E-state index is 0.0657. The molecule has 0 heterocycles. The molecule has 1 aromatic carbocycles. The number of aliphatic hydroxyl groups excluding tert-OH is 1. The highest BCUT2D eigenvalue weighted by Crippen LogP contribution is 2.16. The van der Waals surface area contributed by atoms with E-state index in [-0.39, 0.29) is 24.7 Å². The number of benzene rings is 1. The van der Waals surface area contributed by atoms with Gasteiger partial charge in [0.25, 0.3) is 0 Å². The summed E-state index contributed by atoms with van der Waals surface area (Å²) in [7, 11) is 1.64. The third-order valence-electron chi connectivity index (χ3n) is 2.91. The number of anilines is 1. The third-order valence-corrected chi connectivity index (χ3v) is 2.91. The molecule has 0 saturated carbocycles. The number of carbonyl (C=O) groups excluding carboxylic acids is 1. The minimum atomic E-state index is -0.252. The molecule has 0 aromatic heterocycles. The van der Waals surface area contributed by atoms with Crippen molar-refractivity contribution in [3.8, 4) is 0 Å². The quantitative estimate of drug-likeness (QED) is 0.759. The summed E-state index contributed by atoms with van der Waals surface area (Å²) in [5.74, 6) is 0. The molecule has 2 atom stereocenters. The van der Waals surface area contributed by atoms with Crippen LogP contribution in [0, 0.1) is 0 Å². The van der Waals surface area contributed by atoms with Gasteiger partial charge in [0.15, 0.2) is 0 Å². The van der Waals surface area contributed by atoms with Gasteiger partial charge < -0.3 is 21.1 Å². The predicted octanol–water partition coefficient (Wildman–Crippen LogP) is 1.55. The fourth-order valence-electron chi connectivity index (χ4n) is 1.43.